The lowest BCUT2D eigenvalue weighted by Crippen LogP contribution is -2.16. The largest absolute Gasteiger partial charge is 0.465 e. The minimum absolute atomic E-state index is 0.0177. The van der Waals surface area contributed by atoms with Crippen LogP contribution >= 0.6 is 0 Å². The van der Waals surface area contributed by atoms with Gasteiger partial charge < -0.3 is 19.2 Å². The number of rotatable bonds is 5. The van der Waals surface area contributed by atoms with E-state index in [-0.39, 0.29) is 39.5 Å². The van der Waals surface area contributed by atoms with Crippen LogP contribution in [0.15, 0.2) is 53.3 Å². The molecule has 1 aromatic carbocycles. The number of aromatic nitrogens is 3. The second-order valence-electron chi connectivity index (χ2n) is 7.03. The first-order valence-electron chi connectivity index (χ1n) is 9.75. The van der Waals surface area contributed by atoms with Gasteiger partial charge in [0.25, 0.3) is 5.91 Å². The van der Waals surface area contributed by atoms with Crippen LogP contribution in [-0.4, -0.2) is 46.7 Å². The van der Waals surface area contributed by atoms with Crippen LogP contribution in [0.25, 0.3) is 17.1 Å². The van der Waals surface area contributed by atoms with Crippen molar-refractivity contribution < 1.29 is 41.4 Å². The van der Waals surface area contributed by atoms with E-state index in [0.717, 1.165) is 26.5 Å². The molecule has 0 atom stereocenters. The fourth-order valence-electron chi connectivity index (χ4n) is 3.25. The van der Waals surface area contributed by atoms with Crippen molar-refractivity contribution in [1.29, 1.82) is 0 Å². The molecule has 10 nitrogen and oxygen atoms in total. The molecule has 4 rings (SSSR count). The standard InChI is InChI=1S/C22H15F3N4O6/c1-33-20(31)11-6-12(21(32)34-2)8-13(7-11)27-19(30)14-10-26-29-17(22(23,24)25)9-15(28-18(14)29)16-4-3-5-35-16/h3-10H,1-2H3,(H,27,30). The van der Waals surface area contributed by atoms with Gasteiger partial charge in [0.2, 0.25) is 0 Å². The minimum atomic E-state index is -4.81. The quantitative estimate of drug-likeness (QED) is 0.420. The van der Waals surface area contributed by atoms with Crippen LogP contribution in [0.1, 0.15) is 36.8 Å². The molecule has 0 bridgehead atoms. The van der Waals surface area contributed by atoms with Crippen LogP contribution in [0.3, 0.4) is 0 Å². The maximum atomic E-state index is 13.7. The van der Waals surface area contributed by atoms with Crippen molar-refractivity contribution in [3.8, 4) is 11.5 Å². The summed E-state index contributed by atoms with van der Waals surface area (Å²) in [6, 6.07) is 7.31. The number of halogens is 3. The van der Waals surface area contributed by atoms with E-state index < -0.39 is 29.7 Å². The number of hydrogen-bond acceptors (Lipinski definition) is 8. The van der Waals surface area contributed by atoms with Crippen LogP contribution in [0, 0.1) is 0 Å². The molecule has 0 saturated carbocycles. The molecule has 0 aliphatic rings. The summed E-state index contributed by atoms with van der Waals surface area (Å²) in [7, 11) is 2.26. The third kappa shape index (κ3) is 4.55. The highest BCUT2D eigenvalue weighted by Crippen LogP contribution is 2.33. The smallest absolute Gasteiger partial charge is 0.433 e. The van der Waals surface area contributed by atoms with Gasteiger partial charge >= 0.3 is 18.1 Å². The Morgan fingerprint density at radius 3 is 2.23 bits per heavy atom. The maximum Gasteiger partial charge on any atom is 0.433 e. The van der Waals surface area contributed by atoms with E-state index in [1.54, 1.807) is 0 Å². The number of hydrogen-bond donors (Lipinski definition) is 1. The Balaban J connectivity index is 1.79. The Morgan fingerprint density at radius 1 is 1.03 bits per heavy atom. The van der Waals surface area contributed by atoms with Gasteiger partial charge in [-0.2, -0.15) is 18.3 Å². The summed E-state index contributed by atoms with van der Waals surface area (Å²) in [5, 5.41) is 6.12. The Morgan fingerprint density at radius 2 is 1.69 bits per heavy atom. The zero-order valence-corrected chi connectivity index (χ0v) is 18.0. The highest BCUT2D eigenvalue weighted by atomic mass is 19.4. The van der Waals surface area contributed by atoms with Crippen molar-refractivity contribution in [1.82, 2.24) is 14.6 Å². The Kier molecular flexibility index (Phi) is 5.99. The first kappa shape index (κ1) is 23.5. The lowest BCUT2D eigenvalue weighted by atomic mass is 10.1. The van der Waals surface area contributed by atoms with E-state index >= 15 is 0 Å². The SMILES string of the molecule is COC(=O)c1cc(NC(=O)c2cnn3c(C(F)(F)F)cc(-c4ccco4)nc23)cc(C(=O)OC)c1. The molecule has 1 amide bonds. The number of nitrogens with zero attached hydrogens (tertiary/aromatic N) is 3. The highest BCUT2D eigenvalue weighted by Gasteiger charge is 2.36. The van der Waals surface area contributed by atoms with E-state index in [0.29, 0.717) is 4.52 Å². The number of alkyl halides is 3. The van der Waals surface area contributed by atoms with Gasteiger partial charge in [0.05, 0.1) is 37.8 Å². The molecule has 1 N–H and O–H groups in total. The molecule has 180 valence electrons. The number of fused-ring (bicyclic) bond motifs is 1. The van der Waals surface area contributed by atoms with Gasteiger partial charge in [-0.25, -0.2) is 19.1 Å². The summed E-state index contributed by atoms with van der Waals surface area (Å²) in [6.45, 7) is 0. The number of ether oxygens (including phenoxy) is 2. The molecule has 0 spiro atoms. The average molecular weight is 488 g/mol. The van der Waals surface area contributed by atoms with E-state index in [1.807, 2.05) is 0 Å². The number of benzene rings is 1. The van der Waals surface area contributed by atoms with E-state index in [2.05, 4.69) is 24.9 Å². The van der Waals surface area contributed by atoms with Crippen LogP contribution < -0.4 is 5.32 Å². The van der Waals surface area contributed by atoms with Crippen LogP contribution in [-0.2, 0) is 15.7 Å². The molecule has 0 radical (unpaired) electrons. The number of carbonyl (C=O) groups is 3. The van der Waals surface area contributed by atoms with E-state index in [1.165, 1.54) is 36.6 Å². The molecular weight excluding hydrogens is 473 g/mol. The zero-order chi connectivity index (χ0) is 25.3. The number of anilines is 1. The van der Waals surface area contributed by atoms with E-state index in [9.17, 15) is 27.6 Å². The number of amides is 1. The van der Waals surface area contributed by atoms with Crippen molar-refractivity contribution >= 4 is 29.2 Å². The first-order chi connectivity index (χ1) is 16.6. The molecule has 0 fully saturated rings. The fraction of sp³-hybridized carbons (Fsp3) is 0.136. The second kappa shape index (κ2) is 8.93. The molecule has 13 heteroatoms. The Labute approximate surface area is 194 Å². The lowest BCUT2D eigenvalue weighted by molar-refractivity contribution is -0.142. The molecule has 0 aliphatic carbocycles. The van der Waals surface area contributed by atoms with Crippen LogP contribution in [0.2, 0.25) is 0 Å². The lowest BCUT2D eigenvalue weighted by Gasteiger charge is -2.11. The molecule has 3 aromatic heterocycles. The highest BCUT2D eigenvalue weighted by molar-refractivity contribution is 6.09. The van der Waals surface area contributed by atoms with Gasteiger partial charge in [0.1, 0.15) is 11.3 Å². The van der Waals surface area contributed by atoms with Crippen molar-refractivity contribution in [2.45, 2.75) is 6.18 Å². The predicted molar refractivity (Wildman–Crippen MR) is 113 cm³/mol. The van der Waals surface area contributed by atoms with Gasteiger partial charge in [0, 0.05) is 5.69 Å². The summed E-state index contributed by atoms with van der Waals surface area (Å²) in [6.07, 6.45) is -2.62. The Hall–Kier alpha value is -4.68. The molecule has 0 unspecified atom stereocenters. The summed E-state index contributed by atoms with van der Waals surface area (Å²) in [4.78, 5) is 41.1. The minimum Gasteiger partial charge on any atom is -0.465 e. The summed E-state index contributed by atoms with van der Waals surface area (Å²) in [5.74, 6) is -2.42. The molecule has 4 aromatic rings. The number of carbonyl (C=O) groups excluding carboxylic acids is 3. The van der Waals surface area contributed by atoms with Crippen LogP contribution in [0.4, 0.5) is 18.9 Å². The number of furan rings is 1. The zero-order valence-electron chi connectivity index (χ0n) is 18.0. The van der Waals surface area contributed by atoms with Crippen molar-refractivity contribution in [3.63, 3.8) is 0 Å². The molecule has 3 heterocycles. The first-order valence-corrected chi connectivity index (χ1v) is 9.75. The second-order valence-corrected chi connectivity index (χ2v) is 7.03. The number of methoxy groups -OCH3 is 2. The van der Waals surface area contributed by atoms with E-state index in [4.69, 9.17) is 4.42 Å². The van der Waals surface area contributed by atoms with Gasteiger partial charge in [0.15, 0.2) is 17.1 Å². The van der Waals surface area contributed by atoms with Gasteiger partial charge in [-0.3, -0.25) is 4.79 Å². The third-order valence-corrected chi connectivity index (χ3v) is 4.81. The number of nitrogens with one attached hydrogen (secondary N) is 1. The topological polar surface area (TPSA) is 125 Å². The maximum absolute atomic E-state index is 13.7. The number of esters is 2. The molecule has 0 aliphatic heterocycles. The monoisotopic (exact) mass is 488 g/mol. The molecule has 0 saturated heterocycles. The Bertz CT molecular complexity index is 1410. The predicted octanol–water partition coefficient (Wildman–Crippen LogP) is 3.83. The average Bonchev–Trinajstić information content (AvgIpc) is 3.51. The molecular formula is C22H15F3N4O6. The summed E-state index contributed by atoms with van der Waals surface area (Å²) >= 11 is 0. The third-order valence-electron chi connectivity index (χ3n) is 4.81. The van der Waals surface area contributed by atoms with Crippen molar-refractivity contribution in [2.24, 2.45) is 0 Å². The van der Waals surface area contributed by atoms with Crippen molar-refractivity contribution in [3.05, 3.63) is 71.2 Å². The van der Waals surface area contributed by atoms with Gasteiger partial charge in [-0.15, -0.1) is 0 Å². The van der Waals surface area contributed by atoms with Gasteiger partial charge in [-0.1, -0.05) is 0 Å². The van der Waals surface area contributed by atoms with Crippen molar-refractivity contribution in [2.75, 3.05) is 19.5 Å². The fourth-order valence-corrected chi connectivity index (χ4v) is 3.25. The summed E-state index contributed by atoms with van der Waals surface area (Å²) in [5.41, 5.74) is -2.17. The van der Waals surface area contributed by atoms with Crippen LogP contribution in [0.5, 0.6) is 0 Å². The van der Waals surface area contributed by atoms with Gasteiger partial charge in [-0.05, 0) is 36.4 Å². The summed E-state index contributed by atoms with van der Waals surface area (Å²) < 4.78 is 56.0. The normalized spacial score (nSPS) is 11.3. The molecule has 35 heavy (non-hydrogen) atoms.